The topological polar surface area (TPSA) is 71.1 Å². The van der Waals surface area contributed by atoms with Gasteiger partial charge in [-0.1, -0.05) is 30.3 Å². The number of pyridine rings is 1. The molecule has 6 nitrogen and oxygen atoms in total. The van der Waals surface area contributed by atoms with Gasteiger partial charge in [-0.2, -0.15) is 5.10 Å². The molecule has 0 saturated heterocycles. The Kier molecular flexibility index (Phi) is 6.11. The van der Waals surface area contributed by atoms with Crippen LogP contribution in [0.2, 0.25) is 0 Å². The van der Waals surface area contributed by atoms with Crippen LogP contribution in [0, 0.1) is 0 Å². The Bertz CT molecular complexity index is 818. The highest BCUT2D eigenvalue weighted by atomic mass is 16.5. The van der Waals surface area contributed by atoms with Gasteiger partial charge in [-0.25, -0.2) is 0 Å². The predicted octanol–water partition coefficient (Wildman–Crippen LogP) is 3.15. The molecule has 3 aromatic rings. The minimum Gasteiger partial charge on any atom is -0.385 e. The molecule has 0 spiro atoms. The minimum atomic E-state index is -0.0763. The number of aromatic nitrogens is 3. The van der Waals surface area contributed by atoms with Crippen LogP contribution in [0.1, 0.15) is 22.5 Å². The molecule has 2 aromatic heterocycles. The van der Waals surface area contributed by atoms with Crippen molar-refractivity contribution >= 4 is 5.91 Å². The Balaban J connectivity index is 1.77. The summed E-state index contributed by atoms with van der Waals surface area (Å²) in [5.74, 6) is -0.0763. The number of H-pyrrole nitrogens is 1. The largest absolute Gasteiger partial charge is 0.385 e. The molecule has 0 radical (unpaired) electrons. The van der Waals surface area contributed by atoms with Gasteiger partial charge in [0.2, 0.25) is 0 Å². The maximum Gasteiger partial charge on any atom is 0.272 e. The van der Waals surface area contributed by atoms with E-state index in [1.165, 1.54) is 0 Å². The summed E-state index contributed by atoms with van der Waals surface area (Å²) < 4.78 is 5.12. The number of carbonyl (C=O) groups is 1. The van der Waals surface area contributed by atoms with E-state index in [0.717, 1.165) is 23.2 Å². The van der Waals surface area contributed by atoms with E-state index in [9.17, 15) is 4.79 Å². The van der Waals surface area contributed by atoms with Crippen LogP contribution in [0.25, 0.3) is 11.3 Å². The summed E-state index contributed by atoms with van der Waals surface area (Å²) in [6, 6.07) is 15.4. The minimum absolute atomic E-state index is 0.0763. The molecule has 1 aromatic carbocycles. The lowest BCUT2D eigenvalue weighted by Gasteiger charge is -2.22. The van der Waals surface area contributed by atoms with Crippen LogP contribution in [-0.2, 0) is 11.3 Å². The second kappa shape index (κ2) is 8.92. The molecular weight excluding hydrogens is 328 g/mol. The number of ether oxygens (including phenoxy) is 1. The number of methoxy groups -OCH3 is 1. The first-order valence-corrected chi connectivity index (χ1v) is 8.56. The Hall–Kier alpha value is -2.99. The summed E-state index contributed by atoms with van der Waals surface area (Å²) in [6.07, 6.45) is 4.24. The van der Waals surface area contributed by atoms with Crippen LogP contribution < -0.4 is 0 Å². The van der Waals surface area contributed by atoms with Crippen molar-refractivity contribution in [3.63, 3.8) is 0 Å². The third-order valence-electron chi connectivity index (χ3n) is 4.06. The van der Waals surface area contributed by atoms with Gasteiger partial charge in [0.25, 0.3) is 5.91 Å². The van der Waals surface area contributed by atoms with Crippen LogP contribution in [-0.4, -0.2) is 46.2 Å². The number of aromatic amines is 1. The van der Waals surface area contributed by atoms with E-state index in [-0.39, 0.29) is 5.91 Å². The van der Waals surface area contributed by atoms with Crippen molar-refractivity contribution in [2.75, 3.05) is 20.3 Å². The fourth-order valence-electron chi connectivity index (χ4n) is 2.72. The summed E-state index contributed by atoms with van der Waals surface area (Å²) in [7, 11) is 1.66. The molecule has 1 N–H and O–H groups in total. The van der Waals surface area contributed by atoms with Crippen LogP contribution in [0.4, 0.5) is 0 Å². The molecule has 0 saturated carbocycles. The van der Waals surface area contributed by atoms with Crippen molar-refractivity contribution in [1.82, 2.24) is 20.1 Å². The standard InChI is InChI=1S/C20H22N4O2/c1-26-13-5-12-24(15-16-8-10-21-11-9-16)20(25)19-14-18(22-23-19)17-6-3-2-4-7-17/h2-4,6-11,14H,5,12-13,15H2,1H3,(H,22,23). The third kappa shape index (κ3) is 4.55. The number of hydrogen-bond donors (Lipinski definition) is 1. The maximum atomic E-state index is 13.0. The molecule has 0 bridgehead atoms. The zero-order valence-electron chi connectivity index (χ0n) is 14.8. The van der Waals surface area contributed by atoms with E-state index < -0.39 is 0 Å². The molecule has 0 aliphatic carbocycles. The van der Waals surface area contributed by atoms with Crippen LogP contribution in [0.3, 0.4) is 0 Å². The molecule has 26 heavy (non-hydrogen) atoms. The molecule has 6 heteroatoms. The Morgan fingerprint density at radius 1 is 1.15 bits per heavy atom. The molecular formula is C20H22N4O2. The summed E-state index contributed by atoms with van der Waals surface area (Å²) in [5, 5.41) is 7.16. The fourth-order valence-corrected chi connectivity index (χ4v) is 2.72. The van der Waals surface area contributed by atoms with E-state index in [1.54, 1.807) is 30.5 Å². The SMILES string of the molecule is COCCCN(Cc1ccncc1)C(=O)c1cc(-c2ccccc2)n[nH]1. The molecule has 0 aliphatic rings. The number of rotatable bonds is 8. The average molecular weight is 350 g/mol. The van der Waals surface area contributed by atoms with E-state index in [1.807, 2.05) is 42.5 Å². The van der Waals surface area contributed by atoms with Crippen molar-refractivity contribution in [3.05, 3.63) is 72.2 Å². The van der Waals surface area contributed by atoms with Gasteiger partial charge in [-0.05, 0) is 30.2 Å². The Labute approximate surface area is 152 Å². The van der Waals surface area contributed by atoms with Gasteiger partial charge in [0.15, 0.2) is 0 Å². The van der Waals surface area contributed by atoms with Crippen molar-refractivity contribution < 1.29 is 9.53 Å². The van der Waals surface area contributed by atoms with Gasteiger partial charge in [0, 0.05) is 44.8 Å². The van der Waals surface area contributed by atoms with E-state index >= 15 is 0 Å². The molecule has 1 amide bonds. The van der Waals surface area contributed by atoms with E-state index in [4.69, 9.17) is 4.74 Å². The number of nitrogens with zero attached hydrogens (tertiary/aromatic N) is 3. The summed E-state index contributed by atoms with van der Waals surface area (Å²) in [5.41, 5.74) is 3.25. The number of nitrogens with one attached hydrogen (secondary N) is 1. The second-order valence-corrected chi connectivity index (χ2v) is 5.96. The van der Waals surface area contributed by atoms with Gasteiger partial charge in [-0.15, -0.1) is 0 Å². The normalized spacial score (nSPS) is 10.7. The maximum absolute atomic E-state index is 13.0. The number of amides is 1. The van der Waals surface area contributed by atoms with E-state index in [2.05, 4.69) is 15.2 Å². The Morgan fingerprint density at radius 2 is 1.92 bits per heavy atom. The number of hydrogen-bond acceptors (Lipinski definition) is 4. The lowest BCUT2D eigenvalue weighted by molar-refractivity contribution is 0.0717. The Morgan fingerprint density at radius 3 is 2.65 bits per heavy atom. The van der Waals surface area contributed by atoms with Crippen molar-refractivity contribution in [2.24, 2.45) is 0 Å². The lowest BCUT2D eigenvalue weighted by Crippen LogP contribution is -2.32. The van der Waals surface area contributed by atoms with Gasteiger partial charge in [0.1, 0.15) is 5.69 Å². The molecule has 134 valence electrons. The summed E-state index contributed by atoms with van der Waals surface area (Å²) in [4.78, 5) is 18.8. The average Bonchev–Trinajstić information content (AvgIpc) is 3.18. The highest BCUT2D eigenvalue weighted by molar-refractivity contribution is 5.93. The van der Waals surface area contributed by atoms with Crippen LogP contribution in [0.5, 0.6) is 0 Å². The second-order valence-electron chi connectivity index (χ2n) is 5.96. The van der Waals surface area contributed by atoms with Gasteiger partial charge in [-0.3, -0.25) is 14.9 Å². The van der Waals surface area contributed by atoms with Gasteiger partial charge in [0.05, 0.1) is 5.69 Å². The van der Waals surface area contributed by atoms with Gasteiger partial charge >= 0.3 is 0 Å². The van der Waals surface area contributed by atoms with Crippen molar-refractivity contribution in [1.29, 1.82) is 0 Å². The molecule has 2 heterocycles. The molecule has 0 aliphatic heterocycles. The molecule has 0 unspecified atom stereocenters. The van der Waals surface area contributed by atoms with Crippen molar-refractivity contribution in [3.8, 4) is 11.3 Å². The van der Waals surface area contributed by atoms with Crippen LogP contribution in [0.15, 0.2) is 60.9 Å². The first-order valence-electron chi connectivity index (χ1n) is 8.56. The zero-order valence-corrected chi connectivity index (χ0v) is 14.8. The summed E-state index contributed by atoms with van der Waals surface area (Å²) in [6.45, 7) is 1.73. The van der Waals surface area contributed by atoms with Gasteiger partial charge < -0.3 is 9.64 Å². The molecule has 0 fully saturated rings. The predicted molar refractivity (Wildman–Crippen MR) is 99.5 cm³/mol. The fraction of sp³-hybridized carbons (Fsp3) is 0.250. The monoisotopic (exact) mass is 350 g/mol. The number of carbonyl (C=O) groups excluding carboxylic acids is 1. The summed E-state index contributed by atoms with van der Waals surface area (Å²) >= 11 is 0. The quantitative estimate of drug-likeness (QED) is 0.634. The number of benzene rings is 1. The highest BCUT2D eigenvalue weighted by Gasteiger charge is 2.19. The smallest absolute Gasteiger partial charge is 0.272 e. The zero-order chi connectivity index (χ0) is 18.2. The van der Waals surface area contributed by atoms with Crippen LogP contribution >= 0.6 is 0 Å². The molecule has 0 atom stereocenters. The first-order chi connectivity index (χ1) is 12.8. The van der Waals surface area contributed by atoms with E-state index in [0.29, 0.717) is 25.4 Å². The first kappa shape index (κ1) is 17.8. The lowest BCUT2D eigenvalue weighted by atomic mass is 10.1. The third-order valence-corrected chi connectivity index (χ3v) is 4.06. The molecule has 3 rings (SSSR count). The highest BCUT2D eigenvalue weighted by Crippen LogP contribution is 2.18. The van der Waals surface area contributed by atoms with Crippen molar-refractivity contribution in [2.45, 2.75) is 13.0 Å².